The topological polar surface area (TPSA) is 50.7 Å². The molecule has 6 heteroatoms. The van der Waals surface area contributed by atoms with E-state index in [4.69, 9.17) is 4.98 Å². The average molecular weight is 353 g/mol. The highest BCUT2D eigenvalue weighted by Gasteiger charge is 2.15. The molecule has 126 valence electrons. The average Bonchev–Trinajstić information content (AvgIpc) is 3.00. The third-order valence-corrected chi connectivity index (χ3v) is 5.23. The lowest BCUT2D eigenvalue weighted by molar-refractivity contribution is 0.616. The van der Waals surface area contributed by atoms with Crippen molar-refractivity contribution in [2.24, 2.45) is 0 Å². The number of para-hydroxylation sites is 1. The van der Waals surface area contributed by atoms with Crippen molar-refractivity contribution in [1.82, 2.24) is 14.5 Å². The van der Waals surface area contributed by atoms with Gasteiger partial charge in [-0.1, -0.05) is 48.2 Å². The summed E-state index contributed by atoms with van der Waals surface area (Å²) in [4.78, 5) is 20.7. The molecule has 0 aliphatic carbocycles. The molecule has 0 aliphatic heterocycles. The van der Waals surface area contributed by atoms with Crippen LogP contribution < -0.4 is 5.56 Å². The first-order valence-corrected chi connectivity index (χ1v) is 9.05. The van der Waals surface area contributed by atoms with E-state index in [2.05, 4.69) is 4.98 Å². The van der Waals surface area contributed by atoms with Gasteiger partial charge in [-0.25, -0.2) is 9.37 Å². The zero-order valence-corrected chi connectivity index (χ0v) is 14.4. The molecule has 0 spiro atoms. The maximum atomic E-state index is 13.9. The monoisotopic (exact) mass is 353 g/mol. The van der Waals surface area contributed by atoms with Gasteiger partial charge in [0.15, 0.2) is 5.16 Å². The Balaban J connectivity index is 1.83. The summed E-state index contributed by atoms with van der Waals surface area (Å²) in [6, 6.07) is 14.4. The van der Waals surface area contributed by atoms with Crippen LogP contribution in [0.1, 0.15) is 12.5 Å². The summed E-state index contributed by atoms with van der Waals surface area (Å²) in [6.07, 6.45) is 0. The van der Waals surface area contributed by atoms with Crippen LogP contribution in [0.4, 0.5) is 4.39 Å². The Bertz CT molecular complexity index is 1130. The van der Waals surface area contributed by atoms with E-state index in [1.54, 1.807) is 16.7 Å². The number of benzene rings is 2. The van der Waals surface area contributed by atoms with Crippen molar-refractivity contribution in [3.63, 3.8) is 0 Å². The lowest BCUT2D eigenvalue weighted by Crippen LogP contribution is -2.22. The largest absolute Gasteiger partial charge is 0.349 e. The van der Waals surface area contributed by atoms with Crippen molar-refractivity contribution < 1.29 is 4.39 Å². The summed E-state index contributed by atoms with van der Waals surface area (Å²) in [6.45, 7) is 2.42. The molecule has 0 bridgehead atoms. The van der Waals surface area contributed by atoms with Gasteiger partial charge in [0, 0.05) is 23.2 Å². The van der Waals surface area contributed by atoms with Gasteiger partial charge in [-0.3, -0.25) is 9.36 Å². The number of aromatic amines is 1. The second-order valence-corrected chi connectivity index (χ2v) is 6.66. The van der Waals surface area contributed by atoms with Gasteiger partial charge in [0.1, 0.15) is 16.9 Å². The first-order valence-electron chi connectivity index (χ1n) is 8.06. The molecule has 2 heterocycles. The predicted octanol–water partition coefficient (Wildman–Crippen LogP) is 4.33. The van der Waals surface area contributed by atoms with Crippen LogP contribution in [0.2, 0.25) is 0 Å². The molecular formula is C19H16FN3OS. The van der Waals surface area contributed by atoms with E-state index in [1.807, 2.05) is 37.3 Å². The molecule has 0 unspecified atom stereocenters. The summed E-state index contributed by atoms with van der Waals surface area (Å²) in [5, 5.41) is 1.53. The van der Waals surface area contributed by atoms with E-state index < -0.39 is 0 Å². The third-order valence-electron chi connectivity index (χ3n) is 4.21. The molecule has 0 radical (unpaired) electrons. The van der Waals surface area contributed by atoms with E-state index in [0.29, 0.717) is 34.1 Å². The fourth-order valence-electron chi connectivity index (χ4n) is 2.92. The minimum absolute atomic E-state index is 0.0975. The van der Waals surface area contributed by atoms with Crippen LogP contribution in [0, 0.1) is 5.82 Å². The molecule has 1 N–H and O–H groups in total. The lowest BCUT2D eigenvalue weighted by atomic mass is 10.2. The van der Waals surface area contributed by atoms with Crippen LogP contribution in [0.25, 0.3) is 21.9 Å². The van der Waals surface area contributed by atoms with E-state index in [9.17, 15) is 9.18 Å². The van der Waals surface area contributed by atoms with E-state index >= 15 is 0 Å². The minimum Gasteiger partial charge on any atom is -0.349 e. The second-order valence-electron chi connectivity index (χ2n) is 5.72. The Labute approximate surface area is 147 Å². The number of thioether (sulfide) groups is 1. The van der Waals surface area contributed by atoms with Crippen molar-refractivity contribution >= 4 is 33.7 Å². The first-order chi connectivity index (χ1) is 12.2. The number of aromatic nitrogens is 3. The summed E-state index contributed by atoms with van der Waals surface area (Å²) in [5.41, 5.74) is 2.57. The van der Waals surface area contributed by atoms with Crippen LogP contribution >= 0.6 is 11.8 Å². The quantitative estimate of drug-likeness (QED) is 0.439. The van der Waals surface area contributed by atoms with Crippen molar-refractivity contribution in [1.29, 1.82) is 0 Å². The molecule has 4 rings (SSSR count). The number of fused-ring (bicyclic) bond motifs is 3. The molecule has 0 atom stereocenters. The normalized spacial score (nSPS) is 11.4. The molecule has 25 heavy (non-hydrogen) atoms. The summed E-state index contributed by atoms with van der Waals surface area (Å²) >= 11 is 1.38. The first kappa shape index (κ1) is 15.9. The maximum Gasteiger partial charge on any atom is 0.278 e. The fraction of sp³-hybridized carbons (Fsp3) is 0.158. The predicted molar refractivity (Wildman–Crippen MR) is 99.5 cm³/mol. The molecule has 0 saturated carbocycles. The number of nitrogens with zero attached hydrogens (tertiary/aromatic N) is 2. The van der Waals surface area contributed by atoms with E-state index in [0.717, 1.165) is 10.9 Å². The Morgan fingerprint density at radius 3 is 2.72 bits per heavy atom. The molecule has 0 amide bonds. The van der Waals surface area contributed by atoms with Gasteiger partial charge in [-0.05, 0) is 24.6 Å². The van der Waals surface area contributed by atoms with Crippen LogP contribution in [0.5, 0.6) is 0 Å². The number of nitrogens with one attached hydrogen (secondary N) is 1. The maximum absolute atomic E-state index is 13.9. The van der Waals surface area contributed by atoms with Crippen LogP contribution in [-0.4, -0.2) is 14.5 Å². The van der Waals surface area contributed by atoms with Crippen LogP contribution in [-0.2, 0) is 12.3 Å². The second kappa shape index (κ2) is 6.37. The van der Waals surface area contributed by atoms with Crippen LogP contribution in [0.3, 0.4) is 0 Å². The molecular weight excluding hydrogens is 337 g/mol. The van der Waals surface area contributed by atoms with Gasteiger partial charge in [-0.15, -0.1) is 0 Å². The van der Waals surface area contributed by atoms with Gasteiger partial charge in [-0.2, -0.15) is 0 Å². The smallest absolute Gasteiger partial charge is 0.278 e. The fourth-order valence-corrected chi connectivity index (χ4v) is 3.97. The SMILES string of the molecule is CCn1c(SCc2ccccc2F)nc2c([nH]c3ccccc32)c1=O. The minimum atomic E-state index is -0.242. The summed E-state index contributed by atoms with van der Waals surface area (Å²) in [7, 11) is 0. The number of halogens is 1. The summed E-state index contributed by atoms with van der Waals surface area (Å²) < 4.78 is 15.5. The third kappa shape index (κ3) is 2.72. The van der Waals surface area contributed by atoms with E-state index in [-0.39, 0.29) is 11.4 Å². The highest BCUT2D eigenvalue weighted by atomic mass is 32.2. The molecule has 0 fully saturated rings. The molecule has 0 saturated heterocycles. The number of hydrogen-bond acceptors (Lipinski definition) is 3. The standard InChI is InChI=1S/C19H16FN3OS/c1-2-23-18(24)17-16(13-8-4-6-10-15(13)21-17)22-19(23)25-11-12-7-3-5-9-14(12)20/h3-10,21H,2,11H2,1H3. The van der Waals surface area contributed by atoms with Crippen LogP contribution in [0.15, 0.2) is 58.5 Å². The van der Waals surface area contributed by atoms with Gasteiger partial charge in [0.05, 0.1) is 0 Å². The molecule has 2 aromatic carbocycles. The van der Waals surface area contributed by atoms with E-state index in [1.165, 1.54) is 17.8 Å². The Morgan fingerprint density at radius 1 is 1.16 bits per heavy atom. The number of H-pyrrole nitrogens is 1. The zero-order chi connectivity index (χ0) is 17.4. The molecule has 0 aliphatic rings. The van der Waals surface area contributed by atoms with Crippen molar-refractivity contribution in [3.05, 3.63) is 70.3 Å². The molecule has 4 nitrogen and oxygen atoms in total. The zero-order valence-electron chi connectivity index (χ0n) is 13.6. The van der Waals surface area contributed by atoms with Gasteiger partial charge < -0.3 is 4.98 Å². The Morgan fingerprint density at radius 2 is 1.92 bits per heavy atom. The Kier molecular flexibility index (Phi) is 4.05. The van der Waals surface area contributed by atoms with Gasteiger partial charge in [0.25, 0.3) is 5.56 Å². The van der Waals surface area contributed by atoms with Crippen molar-refractivity contribution in [2.75, 3.05) is 0 Å². The van der Waals surface area contributed by atoms with Gasteiger partial charge >= 0.3 is 0 Å². The molecule has 4 aromatic rings. The Hall–Kier alpha value is -2.60. The highest BCUT2D eigenvalue weighted by molar-refractivity contribution is 7.98. The number of rotatable bonds is 4. The molecule has 2 aromatic heterocycles. The summed E-state index contributed by atoms with van der Waals surface area (Å²) in [5.74, 6) is 0.182. The van der Waals surface area contributed by atoms with Crippen molar-refractivity contribution in [3.8, 4) is 0 Å². The van der Waals surface area contributed by atoms with Gasteiger partial charge in [0.2, 0.25) is 0 Å². The van der Waals surface area contributed by atoms with Crippen molar-refractivity contribution in [2.45, 2.75) is 24.4 Å². The highest BCUT2D eigenvalue weighted by Crippen LogP contribution is 2.26. The lowest BCUT2D eigenvalue weighted by Gasteiger charge is -2.10. The number of hydrogen-bond donors (Lipinski definition) is 1.